The van der Waals surface area contributed by atoms with Gasteiger partial charge < -0.3 is 15.3 Å². The zero-order chi connectivity index (χ0) is 10.7. The summed E-state index contributed by atoms with van der Waals surface area (Å²) in [5, 5.41) is 26.6. The van der Waals surface area contributed by atoms with Crippen molar-refractivity contribution in [3.05, 3.63) is 35.6 Å². The minimum Gasteiger partial charge on any atom is -0.479 e. The number of aliphatic carboxylic acids is 1. The Labute approximate surface area is 79.2 Å². The molecule has 0 amide bonds. The van der Waals surface area contributed by atoms with Gasteiger partial charge in [-0.15, -0.1) is 0 Å². The van der Waals surface area contributed by atoms with Gasteiger partial charge in [-0.3, -0.25) is 0 Å². The number of carboxylic acid groups (broad SMARTS) is 1. The van der Waals surface area contributed by atoms with Crippen LogP contribution in [0.25, 0.3) is 0 Å². The van der Waals surface area contributed by atoms with E-state index < -0.39 is 24.0 Å². The highest BCUT2D eigenvalue weighted by Gasteiger charge is 2.26. The summed E-state index contributed by atoms with van der Waals surface area (Å²) < 4.78 is 13.0. The molecule has 0 bridgehead atoms. The largest absolute Gasteiger partial charge is 0.479 e. The number of carboxylic acids is 1. The van der Waals surface area contributed by atoms with E-state index in [1.807, 2.05) is 0 Å². The molecule has 2 unspecified atom stereocenters. The van der Waals surface area contributed by atoms with Crippen LogP contribution < -0.4 is 0 Å². The van der Waals surface area contributed by atoms with E-state index in [1.54, 1.807) is 0 Å². The molecule has 5 heteroatoms. The summed E-state index contributed by atoms with van der Waals surface area (Å²) in [6.45, 7) is 0. The average molecular weight is 200 g/mol. The Bertz CT molecular complexity index is 339. The number of aliphatic hydroxyl groups is 2. The second kappa shape index (κ2) is 4.17. The quantitative estimate of drug-likeness (QED) is 0.656. The van der Waals surface area contributed by atoms with E-state index in [0.29, 0.717) is 0 Å². The molecule has 76 valence electrons. The van der Waals surface area contributed by atoms with E-state index in [0.717, 1.165) is 6.07 Å². The molecule has 1 aromatic rings. The van der Waals surface area contributed by atoms with Crippen LogP contribution in [0.1, 0.15) is 11.7 Å². The van der Waals surface area contributed by atoms with Crippen molar-refractivity contribution >= 4 is 5.97 Å². The summed E-state index contributed by atoms with van der Waals surface area (Å²) in [4.78, 5) is 10.3. The third-order valence-corrected chi connectivity index (χ3v) is 1.78. The van der Waals surface area contributed by atoms with Crippen LogP contribution in [0.3, 0.4) is 0 Å². The molecule has 1 aromatic carbocycles. The van der Waals surface area contributed by atoms with Crippen molar-refractivity contribution in [3.63, 3.8) is 0 Å². The minimum absolute atomic E-state index is 0.234. The van der Waals surface area contributed by atoms with Gasteiger partial charge in [0, 0.05) is 5.56 Å². The average Bonchev–Trinajstić information content (AvgIpc) is 2.16. The zero-order valence-electron chi connectivity index (χ0n) is 7.09. The molecule has 1 rings (SSSR count). The highest BCUT2D eigenvalue weighted by molar-refractivity contribution is 5.73. The number of halogens is 1. The van der Waals surface area contributed by atoms with Crippen LogP contribution in [0.4, 0.5) is 4.39 Å². The van der Waals surface area contributed by atoms with Crippen molar-refractivity contribution < 1.29 is 24.5 Å². The van der Waals surface area contributed by atoms with Crippen LogP contribution in [0.15, 0.2) is 24.3 Å². The Balaban J connectivity index is 2.94. The Morgan fingerprint density at radius 2 is 1.86 bits per heavy atom. The summed E-state index contributed by atoms with van der Waals surface area (Å²) >= 11 is 0. The molecule has 0 aliphatic rings. The highest BCUT2D eigenvalue weighted by atomic mass is 19.1. The number of carbonyl (C=O) groups is 1. The second-order valence-electron chi connectivity index (χ2n) is 2.75. The van der Waals surface area contributed by atoms with Crippen LogP contribution >= 0.6 is 0 Å². The third-order valence-electron chi connectivity index (χ3n) is 1.78. The van der Waals surface area contributed by atoms with E-state index >= 15 is 0 Å². The van der Waals surface area contributed by atoms with Crippen LogP contribution in [-0.4, -0.2) is 27.4 Å². The maximum Gasteiger partial charge on any atom is 0.335 e. The predicted octanol–water partition coefficient (Wildman–Crippen LogP) is 0.305. The number of rotatable bonds is 3. The lowest BCUT2D eigenvalue weighted by molar-refractivity contribution is -0.153. The minimum atomic E-state index is -2.02. The molecule has 0 aromatic heterocycles. The molecule has 0 spiro atoms. The van der Waals surface area contributed by atoms with Gasteiger partial charge in [0.15, 0.2) is 6.10 Å². The number of hydrogen-bond donors (Lipinski definition) is 3. The van der Waals surface area contributed by atoms with E-state index in [2.05, 4.69) is 0 Å². The fraction of sp³-hybridized carbons (Fsp3) is 0.222. The topological polar surface area (TPSA) is 77.8 Å². The van der Waals surface area contributed by atoms with Crippen molar-refractivity contribution in [2.24, 2.45) is 0 Å². The van der Waals surface area contributed by atoms with Crippen molar-refractivity contribution in [3.8, 4) is 0 Å². The molecular weight excluding hydrogens is 191 g/mol. The van der Waals surface area contributed by atoms with Crippen LogP contribution in [0, 0.1) is 5.82 Å². The van der Waals surface area contributed by atoms with E-state index in [4.69, 9.17) is 10.2 Å². The second-order valence-corrected chi connectivity index (χ2v) is 2.75. The first kappa shape index (κ1) is 10.6. The SMILES string of the molecule is O=C(O)C(O)C(O)c1ccccc1F. The molecule has 0 aliphatic carbocycles. The fourth-order valence-corrected chi connectivity index (χ4v) is 1.02. The van der Waals surface area contributed by atoms with Gasteiger partial charge in [-0.1, -0.05) is 18.2 Å². The van der Waals surface area contributed by atoms with Crippen molar-refractivity contribution in [1.82, 2.24) is 0 Å². The van der Waals surface area contributed by atoms with Gasteiger partial charge >= 0.3 is 5.97 Å². The monoisotopic (exact) mass is 200 g/mol. The van der Waals surface area contributed by atoms with Crippen LogP contribution in [-0.2, 0) is 4.79 Å². The molecule has 2 atom stereocenters. The number of hydrogen-bond acceptors (Lipinski definition) is 3. The van der Waals surface area contributed by atoms with E-state index in [9.17, 15) is 14.3 Å². The predicted molar refractivity (Wildman–Crippen MR) is 45.0 cm³/mol. The van der Waals surface area contributed by atoms with Crippen molar-refractivity contribution in [1.29, 1.82) is 0 Å². The fourth-order valence-electron chi connectivity index (χ4n) is 1.02. The van der Waals surface area contributed by atoms with Gasteiger partial charge in [0.1, 0.15) is 11.9 Å². The van der Waals surface area contributed by atoms with Gasteiger partial charge in [-0.05, 0) is 6.07 Å². The third kappa shape index (κ3) is 2.07. The van der Waals surface area contributed by atoms with E-state index in [1.165, 1.54) is 18.2 Å². The maximum atomic E-state index is 13.0. The van der Waals surface area contributed by atoms with Crippen LogP contribution in [0.5, 0.6) is 0 Å². The van der Waals surface area contributed by atoms with Gasteiger partial charge in [0.2, 0.25) is 0 Å². The summed E-state index contributed by atoms with van der Waals surface area (Å²) in [6, 6.07) is 5.13. The molecule has 0 fully saturated rings. The highest BCUT2D eigenvalue weighted by Crippen LogP contribution is 2.19. The lowest BCUT2D eigenvalue weighted by atomic mass is 10.0. The van der Waals surface area contributed by atoms with E-state index in [-0.39, 0.29) is 5.56 Å². The zero-order valence-corrected chi connectivity index (χ0v) is 7.09. The molecule has 0 heterocycles. The summed E-state index contributed by atoms with van der Waals surface area (Å²) in [7, 11) is 0. The first-order valence-electron chi connectivity index (χ1n) is 3.87. The normalized spacial score (nSPS) is 14.8. The summed E-state index contributed by atoms with van der Waals surface area (Å²) in [6.07, 6.45) is -3.78. The molecule has 4 nitrogen and oxygen atoms in total. The Morgan fingerprint density at radius 3 is 2.36 bits per heavy atom. The number of aliphatic hydroxyl groups excluding tert-OH is 2. The van der Waals surface area contributed by atoms with Crippen molar-refractivity contribution in [2.75, 3.05) is 0 Å². The Hall–Kier alpha value is -1.46. The lowest BCUT2D eigenvalue weighted by Crippen LogP contribution is -2.28. The molecule has 0 saturated heterocycles. The smallest absolute Gasteiger partial charge is 0.335 e. The lowest BCUT2D eigenvalue weighted by Gasteiger charge is -2.14. The number of benzene rings is 1. The Morgan fingerprint density at radius 1 is 1.29 bits per heavy atom. The van der Waals surface area contributed by atoms with Gasteiger partial charge in [-0.2, -0.15) is 0 Å². The first-order valence-corrected chi connectivity index (χ1v) is 3.87. The van der Waals surface area contributed by atoms with Gasteiger partial charge in [0.25, 0.3) is 0 Å². The Kier molecular flexibility index (Phi) is 3.16. The molecular formula is C9H9FO4. The molecule has 0 aliphatic heterocycles. The molecule has 0 radical (unpaired) electrons. The molecule has 14 heavy (non-hydrogen) atoms. The van der Waals surface area contributed by atoms with Gasteiger partial charge in [0.05, 0.1) is 0 Å². The van der Waals surface area contributed by atoms with Gasteiger partial charge in [-0.25, -0.2) is 9.18 Å². The molecule has 0 saturated carbocycles. The first-order chi connectivity index (χ1) is 6.54. The van der Waals surface area contributed by atoms with Crippen molar-refractivity contribution in [2.45, 2.75) is 12.2 Å². The molecule has 3 N–H and O–H groups in total. The van der Waals surface area contributed by atoms with Crippen LogP contribution in [0.2, 0.25) is 0 Å². The maximum absolute atomic E-state index is 13.0. The standard InChI is InChI=1S/C9H9FO4/c10-6-4-2-1-3-5(6)7(11)8(12)9(13)14/h1-4,7-8,11-12H,(H,13,14). The summed E-state index contributed by atoms with van der Waals surface area (Å²) in [5.74, 6) is -2.35. The summed E-state index contributed by atoms with van der Waals surface area (Å²) in [5.41, 5.74) is -0.234.